The van der Waals surface area contributed by atoms with E-state index < -0.39 is 11.7 Å². The number of likely N-dealkylation sites (tertiary alicyclic amines) is 1. The van der Waals surface area contributed by atoms with Crippen LogP contribution in [0.3, 0.4) is 0 Å². The summed E-state index contributed by atoms with van der Waals surface area (Å²) in [7, 11) is 0. The minimum Gasteiger partial charge on any atom is -0.504 e. The Kier molecular flexibility index (Phi) is 5.19. The van der Waals surface area contributed by atoms with E-state index >= 15 is 0 Å². The summed E-state index contributed by atoms with van der Waals surface area (Å²) in [4.78, 5) is 6.31. The van der Waals surface area contributed by atoms with Crippen molar-refractivity contribution in [1.29, 1.82) is 5.26 Å². The topological polar surface area (TPSA) is 69.4 Å². The van der Waals surface area contributed by atoms with Crippen LogP contribution in [0.4, 0.5) is 4.39 Å². The molecule has 0 radical (unpaired) electrons. The van der Waals surface area contributed by atoms with Crippen LogP contribution >= 0.6 is 0 Å². The van der Waals surface area contributed by atoms with Gasteiger partial charge in [-0.3, -0.25) is 0 Å². The number of fused-ring (bicyclic) bond motifs is 1. The summed E-state index contributed by atoms with van der Waals surface area (Å²) in [5.41, 5.74) is 1.32. The van der Waals surface area contributed by atoms with Gasteiger partial charge in [-0.05, 0) is 61.1 Å². The van der Waals surface area contributed by atoms with Gasteiger partial charge in [-0.1, -0.05) is 6.92 Å². The predicted octanol–water partition coefficient (Wildman–Crippen LogP) is 3.69. The SMILES string of the molecule is CC(CN1C[C@H]2CC(Oc3ccc(C#N)cc3)C[C@H]2C1)c1ccc(O)c(F)n1. The first kappa shape index (κ1) is 18.7. The van der Waals surface area contributed by atoms with Gasteiger partial charge in [0.15, 0.2) is 5.75 Å². The Morgan fingerprint density at radius 3 is 2.50 bits per heavy atom. The van der Waals surface area contributed by atoms with Crippen LogP contribution < -0.4 is 4.74 Å². The number of benzene rings is 1. The molecule has 4 rings (SSSR count). The molecular weight excluding hydrogens is 357 g/mol. The third-order valence-electron chi connectivity index (χ3n) is 5.96. The van der Waals surface area contributed by atoms with Crippen molar-refractivity contribution in [3.05, 3.63) is 53.6 Å². The Morgan fingerprint density at radius 2 is 1.89 bits per heavy atom. The molecule has 1 aromatic carbocycles. The van der Waals surface area contributed by atoms with E-state index in [1.54, 1.807) is 18.2 Å². The predicted molar refractivity (Wildman–Crippen MR) is 103 cm³/mol. The summed E-state index contributed by atoms with van der Waals surface area (Å²) < 4.78 is 19.6. The molecule has 146 valence electrons. The normalized spacial score (nSPS) is 25.2. The summed E-state index contributed by atoms with van der Waals surface area (Å²) >= 11 is 0. The molecule has 1 aromatic heterocycles. The van der Waals surface area contributed by atoms with E-state index in [4.69, 9.17) is 10.00 Å². The van der Waals surface area contributed by atoms with Crippen molar-refractivity contribution in [3.8, 4) is 17.6 Å². The quantitative estimate of drug-likeness (QED) is 0.800. The van der Waals surface area contributed by atoms with Crippen LogP contribution in [0.1, 0.15) is 36.9 Å². The highest BCUT2D eigenvalue weighted by molar-refractivity contribution is 5.34. The zero-order valence-electron chi connectivity index (χ0n) is 15.9. The van der Waals surface area contributed by atoms with Crippen LogP contribution in [-0.2, 0) is 0 Å². The van der Waals surface area contributed by atoms with Gasteiger partial charge in [0.05, 0.1) is 17.7 Å². The molecule has 2 aromatic rings. The van der Waals surface area contributed by atoms with Crippen molar-refractivity contribution in [1.82, 2.24) is 9.88 Å². The van der Waals surface area contributed by atoms with Crippen LogP contribution in [0.5, 0.6) is 11.5 Å². The van der Waals surface area contributed by atoms with Gasteiger partial charge >= 0.3 is 0 Å². The van der Waals surface area contributed by atoms with E-state index in [1.165, 1.54) is 6.07 Å². The minimum absolute atomic E-state index is 0.111. The maximum absolute atomic E-state index is 13.5. The van der Waals surface area contributed by atoms with E-state index in [2.05, 4.69) is 16.0 Å². The van der Waals surface area contributed by atoms with E-state index in [-0.39, 0.29) is 12.0 Å². The Hall–Kier alpha value is -2.65. The van der Waals surface area contributed by atoms with Gasteiger partial charge in [-0.2, -0.15) is 9.65 Å². The summed E-state index contributed by atoms with van der Waals surface area (Å²) in [5.74, 6) is 0.986. The molecule has 1 aliphatic carbocycles. The van der Waals surface area contributed by atoms with Crippen molar-refractivity contribution < 1.29 is 14.2 Å². The Morgan fingerprint density at radius 1 is 1.21 bits per heavy atom. The molecule has 0 spiro atoms. The lowest BCUT2D eigenvalue weighted by Crippen LogP contribution is -2.28. The molecule has 2 fully saturated rings. The molecule has 5 nitrogen and oxygen atoms in total. The van der Waals surface area contributed by atoms with E-state index in [1.807, 2.05) is 19.1 Å². The first-order valence-electron chi connectivity index (χ1n) is 9.76. The lowest BCUT2D eigenvalue weighted by atomic mass is 10.0. The van der Waals surface area contributed by atoms with Gasteiger partial charge in [0.2, 0.25) is 0 Å². The molecule has 1 saturated carbocycles. The maximum Gasteiger partial charge on any atom is 0.255 e. The highest BCUT2D eigenvalue weighted by atomic mass is 19.1. The lowest BCUT2D eigenvalue weighted by Gasteiger charge is -2.23. The summed E-state index contributed by atoms with van der Waals surface area (Å²) in [5, 5.41) is 18.2. The van der Waals surface area contributed by atoms with E-state index in [9.17, 15) is 9.50 Å². The number of aromatic hydroxyl groups is 1. The van der Waals surface area contributed by atoms with Crippen molar-refractivity contribution in [2.45, 2.75) is 31.8 Å². The third kappa shape index (κ3) is 3.95. The number of rotatable bonds is 5. The standard InChI is InChI=1S/C22H24FN3O2/c1-14(20-6-7-21(27)22(23)25-20)11-26-12-16-8-19(9-17(16)13-26)28-18-4-2-15(10-24)3-5-18/h2-7,14,16-17,19,27H,8-9,11-13H2,1H3/t14?,16-,17+,19?. The largest absolute Gasteiger partial charge is 0.504 e. The monoisotopic (exact) mass is 381 g/mol. The van der Waals surface area contributed by atoms with E-state index in [0.717, 1.165) is 38.2 Å². The Labute approximate surface area is 164 Å². The number of aromatic nitrogens is 1. The van der Waals surface area contributed by atoms with Crippen molar-refractivity contribution in [3.63, 3.8) is 0 Å². The Bertz CT molecular complexity index is 866. The van der Waals surface area contributed by atoms with Crippen LogP contribution in [0.25, 0.3) is 0 Å². The molecule has 4 atom stereocenters. The number of pyridine rings is 1. The van der Waals surface area contributed by atoms with Gasteiger partial charge < -0.3 is 14.7 Å². The third-order valence-corrected chi connectivity index (χ3v) is 5.96. The number of nitrogens with zero attached hydrogens (tertiary/aromatic N) is 3. The van der Waals surface area contributed by atoms with Gasteiger partial charge in [0.1, 0.15) is 5.75 Å². The second kappa shape index (κ2) is 7.76. The maximum atomic E-state index is 13.5. The van der Waals surface area contributed by atoms with Gasteiger partial charge in [0.25, 0.3) is 5.95 Å². The highest BCUT2D eigenvalue weighted by Crippen LogP contribution is 2.40. The van der Waals surface area contributed by atoms with Crippen LogP contribution in [-0.4, -0.2) is 40.7 Å². The molecule has 0 bridgehead atoms. The fourth-order valence-electron chi connectivity index (χ4n) is 4.58. The summed E-state index contributed by atoms with van der Waals surface area (Å²) in [6.45, 7) is 4.95. The van der Waals surface area contributed by atoms with Gasteiger partial charge in [0, 0.05) is 31.2 Å². The average Bonchev–Trinajstić information content (AvgIpc) is 3.22. The molecule has 2 heterocycles. The van der Waals surface area contributed by atoms with Crippen LogP contribution in [0.15, 0.2) is 36.4 Å². The molecule has 1 aliphatic heterocycles. The Balaban J connectivity index is 1.29. The molecule has 1 saturated heterocycles. The first-order valence-corrected chi connectivity index (χ1v) is 9.76. The summed E-state index contributed by atoms with van der Waals surface area (Å²) in [6, 6.07) is 12.5. The fraction of sp³-hybridized carbons (Fsp3) is 0.455. The van der Waals surface area contributed by atoms with Crippen molar-refractivity contribution in [2.75, 3.05) is 19.6 Å². The second-order valence-electron chi connectivity index (χ2n) is 8.03. The fourth-order valence-corrected chi connectivity index (χ4v) is 4.58. The molecule has 2 aliphatic rings. The molecule has 1 N–H and O–H groups in total. The highest BCUT2D eigenvalue weighted by Gasteiger charge is 2.42. The van der Waals surface area contributed by atoms with Crippen LogP contribution in [0.2, 0.25) is 0 Å². The smallest absolute Gasteiger partial charge is 0.255 e. The van der Waals surface area contributed by atoms with Crippen molar-refractivity contribution >= 4 is 0 Å². The summed E-state index contributed by atoms with van der Waals surface area (Å²) in [6.07, 6.45) is 2.32. The van der Waals surface area contributed by atoms with E-state index in [0.29, 0.717) is 23.1 Å². The van der Waals surface area contributed by atoms with Gasteiger partial charge in [-0.25, -0.2) is 4.98 Å². The average molecular weight is 381 g/mol. The number of ether oxygens (including phenoxy) is 1. The second-order valence-corrected chi connectivity index (χ2v) is 8.03. The molecular formula is C22H24FN3O2. The number of hydrogen-bond acceptors (Lipinski definition) is 5. The molecule has 28 heavy (non-hydrogen) atoms. The minimum atomic E-state index is -0.801. The number of halogens is 1. The number of hydrogen-bond donors (Lipinski definition) is 1. The zero-order chi connectivity index (χ0) is 19.7. The molecule has 2 unspecified atom stereocenters. The van der Waals surface area contributed by atoms with Crippen molar-refractivity contribution in [2.24, 2.45) is 11.8 Å². The van der Waals surface area contributed by atoms with Gasteiger partial charge in [-0.15, -0.1) is 0 Å². The molecule has 0 amide bonds. The number of nitriles is 1. The molecule has 6 heteroatoms. The zero-order valence-corrected chi connectivity index (χ0v) is 15.9. The van der Waals surface area contributed by atoms with Crippen LogP contribution in [0, 0.1) is 29.1 Å². The lowest BCUT2D eigenvalue weighted by molar-refractivity contribution is 0.184. The first-order chi connectivity index (χ1) is 13.5.